The second kappa shape index (κ2) is 7.66. The van der Waals surface area contributed by atoms with Gasteiger partial charge in [-0.1, -0.05) is 39.0 Å². The maximum atomic E-state index is 12.4. The molecule has 3 amide bonds. The van der Waals surface area contributed by atoms with Gasteiger partial charge in [-0.15, -0.1) is 0 Å². The van der Waals surface area contributed by atoms with Crippen LogP contribution in [0.15, 0.2) is 28.7 Å². The second-order valence-corrected chi connectivity index (χ2v) is 8.31. The van der Waals surface area contributed by atoms with E-state index in [0.717, 1.165) is 10.9 Å². The maximum absolute atomic E-state index is 12.4. The molecule has 1 aliphatic heterocycles. The summed E-state index contributed by atoms with van der Waals surface area (Å²) in [5, 5.41) is 0.870. The van der Waals surface area contributed by atoms with Crippen LogP contribution in [0, 0.1) is 18.3 Å². The van der Waals surface area contributed by atoms with Crippen LogP contribution in [-0.4, -0.2) is 35.7 Å². The molecule has 0 atom stereocenters. The molecule has 1 aliphatic rings. The Morgan fingerprint density at radius 3 is 2.32 bits per heavy atom. The highest BCUT2D eigenvalue weighted by Crippen LogP contribution is 2.25. The summed E-state index contributed by atoms with van der Waals surface area (Å²) in [6, 6.07) is 7.40. The summed E-state index contributed by atoms with van der Waals surface area (Å²) in [5.41, 5.74) is 5.88. The number of rotatable bonds is 2. The molecule has 0 spiro atoms. The zero-order chi connectivity index (χ0) is 20.5. The average Bonchev–Trinajstić information content (AvgIpc) is 3.01. The van der Waals surface area contributed by atoms with E-state index in [-0.39, 0.29) is 23.5 Å². The highest BCUT2D eigenvalue weighted by Gasteiger charge is 2.32. The van der Waals surface area contributed by atoms with Gasteiger partial charge in [-0.3, -0.25) is 25.2 Å². The lowest BCUT2D eigenvalue weighted by atomic mass is 9.91. The van der Waals surface area contributed by atoms with Crippen LogP contribution < -0.4 is 10.9 Å². The van der Waals surface area contributed by atoms with Crippen LogP contribution >= 0.6 is 0 Å². The van der Waals surface area contributed by atoms with Crippen molar-refractivity contribution < 1.29 is 18.8 Å². The van der Waals surface area contributed by atoms with Crippen molar-refractivity contribution in [2.75, 3.05) is 13.1 Å². The fourth-order valence-electron chi connectivity index (χ4n) is 3.49. The molecule has 0 unspecified atom stereocenters. The van der Waals surface area contributed by atoms with Crippen LogP contribution in [0.25, 0.3) is 11.0 Å². The maximum Gasteiger partial charge on any atom is 0.305 e. The number of nitrogens with one attached hydrogen (secondary N) is 2. The number of amides is 3. The van der Waals surface area contributed by atoms with E-state index in [1.165, 1.54) is 0 Å². The molecular formula is C21H27N3O4. The van der Waals surface area contributed by atoms with Crippen LogP contribution in [-0.2, 0) is 9.59 Å². The largest absolute Gasteiger partial charge is 0.451 e. The number of aryl methyl sites for hydroxylation is 1. The molecule has 1 fully saturated rings. The van der Waals surface area contributed by atoms with Crippen molar-refractivity contribution in [2.24, 2.45) is 11.3 Å². The van der Waals surface area contributed by atoms with Crippen molar-refractivity contribution in [1.29, 1.82) is 0 Å². The van der Waals surface area contributed by atoms with Gasteiger partial charge in [-0.05, 0) is 25.8 Å². The molecule has 2 aromatic rings. The minimum atomic E-state index is -0.484. The third kappa shape index (κ3) is 4.03. The number of hydrogen-bond acceptors (Lipinski definition) is 4. The first-order valence-corrected chi connectivity index (χ1v) is 9.56. The van der Waals surface area contributed by atoms with Crippen LogP contribution in [0.5, 0.6) is 0 Å². The SMILES string of the molecule is Cc1c(C(=O)NNC(=O)C2CCN(C(=O)C(C)(C)C)CC2)oc2ccccc12. The molecule has 150 valence electrons. The van der Waals surface area contributed by atoms with Crippen molar-refractivity contribution in [3.8, 4) is 0 Å². The Morgan fingerprint density at radius 1 is 1.07 bits per heavy atom. The van der Waals surface area contributed by atoms with E-state index in [1.807, 2.05) is 45.9 Å². The highest BCUT2D eigenvalue weighted by molar-refractivity contribution is 5.99. The summed E-state index contributed by atoms with van der Waals surface area (Å²) in [6.07, 6.45) is 1.15. The van der Waals surface area contributed by atoms with Crippen LogP contribution in [0.3, 0.4) is 0 Å². The molecular weight excluding hydrogens is 358 g/mol. The Morgan fingerprint density at radius 2 is 1.71 bits per heavy atom. The molecule has 1 saturated heterocycles. The van der Waals surface area contributed by atoms with E-state index in [4.69, 9.17) is 4.42 Å². The van der Waals surface area contributed by atoms with Crippen molar-refractivity contribution in [3.05, 3.63) is 35.6 Å². The number of fused-ring (bicyclic) bond motifs is 1. The zero-order valence-electron chi connectivity index (χ0n) is 16.8. The Bertz CT molecular complexity index is 902. The average molecular weight is 385 g/mol. The molecule has 0 radical (unpaired) electrons. The molecule has 0 aliphatic carbocycles. The van der Waals surface area contributed by atoms with E-state index < -0.39 is 11.3 Å². The molecule has 7 heteroatoms. The van der Waals surface area contributed by atoms with E-state index >= 15 is 0 Å². The monoisotopic (exact) mass is 385 g/mol. The number of nitrogens with zero attached hydrogens (tertiary/aromatic N) is 1. The van der Waals surface area contributed by atoms with Crippen molar-refractivity contribution in [3.63, 3.8) is 0 Å². The Hall–Kier alpha value is -2.83. The fraction of sp³-hybridized carbons (Fsp3) is 0.476. The van der Waals surface area contributed by atoms with E-state index in [1.54, 1.807) is 11.0 Å². The predicted octanol–water partition coefficient (Wildman–Crippen LogP) is 2.79. The standard InChI is InChI=1S/C21H27N3O4/c1-13-15-7-5-6-8-16(15)28-17(13)19(26)23-22-18(25)14-9-11-24(12-10-14)20(27)21(2,3)4/h5-8,14H,9-12H2,1-4H3,(H,22,25)(H,23,26). The number of hydrazine groups is 1. The lowest BCUT2D eigenvalue weighted by Gasteiger charge is -2.35. The number of piperidine rings is 1. The number of benzene rings is 1. The van der Waals surface area contributed by atoms with Crippen molar-refractivity contribution >= 4 is 28.7 Å². The minimum Gasteiger partial charge on any atom is -0.451 e. The van der Waals surface area contributed by atoms with Gasteiger partial charge in [-0.2, -0.15) is 0 Å². The highest BCUT2D eigenvalue weighted by atomic mass is 16.3. The van der Waals surface area contributed by atoms with Crippen molar-refractivity contribution in [1.82, 2.24) is 15.8 Å². The molecule has 3 rings (SSSR count). The zero-order valence-corrected chi connectivity index (χ0v) is 16.8. The van der Waals surface area contributed by atoms with E-state index in [9.17, 15) is 14.4 Å². The molecule has 2 N–H and O–H groups in total. The Labute approximate surface area is 164 Å². The van der Waals surface area contributed by atoms with Crippen LogP contribution in [0.1, 0.15) is 49.7 Å². The molecule has 28 heavy (non-hydrogen) atoms. The number of para-hydroxylation sites is 1. The summed E-state index contributed by atoms with van der Waals surface area (Å²) in [6.45, 7) is 8.58. The van der Waals surface area contributed by atoms with Crippen molar-refractivity contribution in [2.45, 2.75) is 40.5 Å². The summed E-state index contributed by atoms with van der Waals surface area (Å²) >= 11 is 0. The van der Waals surface area contributed by atoms with Gasteiger partial charge in [0, 0.05) is 35.4 Å². The Kier molecular flexibility index (Phi) is 5.45. The third-order valence-corrected chi connectivity index (χ3v) is 5.14. The second-order valence-electron chi connectivity index (χ2n) is 8.31. The molecule has 1 aromatic heterocycles. The first-order valence-electron chi connectivity index (χ1n) is 9.56. The van der Waals surface area contributed by atoms with Gasteiger partial charge in [0.15, 0.2) is 5.76 Å². The lowest BCUT2D eigenvalue weighted by Crippen LogP contribution is -2.49. The van der Waals surface area contributed by atoms with Crippen LogP contribution in [0.4, 0.5) is 0 Å². The summed E-state index contributed by atoms with van der Waals surface area (Å²) in [7, 11) is 0. The number of likely N-dealkylation sites (tertiary alicyclic amines) is 1. The molecule has 0 saturated carbocycles. The first kappa shape index (κ1) is 19.9. The fourth-order valence-corrected chi connectivity index (χ4v) is 3.49. The van der Waals surface area contributed by atoms with Crippen LogP contribution in [0.2, 0.25) is 0 Å². The topological polar surface area (TPSA) is 91.7 Å². The number of hydrogen-bond donors (Lipinski definition) is 2. The summed E-state index contributed by atoms with van der Waals surface area (Å²) in [5.74, 6) is -0.680. The molecule has 0 bridgehead atoms. The smallest absolute Gasteiger partial charge is 0.305 e. The lowest BCUT2D eigenvalue weighted by molar-refractivity contribution is -0.142. The van der Waals surface area contributed by atoms with E-state index in [2.05, 4.69) is 10.9 Å². The number of carbonyl (C=O) groups excluding carboxylic acids is 3. The number of carbonyl (C=O) groups is 3. The van der Waals surface area contributed by atoms with Gasteiger partial charge >= 0.3 is 5.91 Å². The molecule has 7 nitrogen and oxygen atoms in total. The Balaban J connectivity index is 1.54. The molecule has 1 aromatic carbocycles. The summed E-state index contributed by atoms with van der Waals surface area (Å²) < 4.78 is 5.60. The van der Waals surface area contributed by atoms with Gasteiger partial charge in [-0.25, -0.2) is 0 Å². The number of furan rings is 1. The van der Waals surface area contributed by atoms with Gasteiger partial charge in [0.1, 0.15) is 5.58 Å². The van der Waals surface area contributed by atoms with Gasteiger partial charge in [0.2, 0.25) is 11.8 Å². The minimum absolute atomic E-state index is 0.0972. The first-order chi connectivity index (χ1) is 13.2. The predicted molar refractivity (Wildman–Crippen MR) is 105 cm³/mol. The van der Waals surface area contributed by atoms with E-state index in [0.29, 0.717) is 31.5 Å². The normalized spacial score (nSPS) is 15.5. The third-order valence-electron chi connectivity index (χ3n) is 5.14. The summed E-state index contributed by atoms with van der Waals surface area (Å²) in [4.78, 5) is 38.9. The quantitative estimate of drug-likeness (QED) is 0.778. The van der Waals surface area contributed by atoms with Gasteiger partial charge in [0.25, 0.3) is 0 Å². The molecule has 2 heterocycles. The van der Waals surface area contributed by atoms with Gasteiger partial charge < -0.3 is 9.32 Å². The van der Waals surface area contributed by atoms with Gasteiger partial charge in [0.05, 0.1) is 0 Å².